The molecule has 0 spiro atoms. The maximum atomic E-state index is 12.7. The van der Waals surface area contributed by atoms with E-state index in [2.05, 4.69) is 16.1 Å². The van der Waals surface area contributed by atoms with Gasteiger partial charge in [-0.05, 0) is 67.1 Å². The highest BCUT2D eigenvalue weighted by Crippen LogP contribution is 2.27. The van der Waals surface area contributed by atoms with Crippen molar-refractivity contribution >= 4 is 27.1 Å². The molecule has 0 aliphatic carbocycles. The molecule has 7 heteroatoms. The first-order valence-electron chi connectivity index (χ1n) is 8.46. The Balaban J connectivity index is 1.78. The van der Waals surface area contributed by atoms with E-state index in [1.165, 1.54) is 7.11 Å². The minimum absolute atomic E-state index is 0.0884. The molecule has 3 aromatic rings. The molecule has 0 atom stereocenters. The summed E-state index contributed by atoms with van der Waals surface area (Å²) in [6.45, 7) is 1.82. The van der Waals surface area contributed by atoms with E-state index in [1.54, 1.807) is 60.7 Å². The minimum Gasteiger partial charge on any atom is -0.495 e. The molecule has 0 unspecified atom stereocenters. The summed E-state index contributed by atoms with van der Waals surface area (Å²) in [5.41, 5.74) is 3.35. The van der Waals surface area contributed by atoms with Crippen LogP contribution in [0.3, 0.4) is 0 Å². The van der Waals surface area contributed by atoms with Crippen molar-refractivity contribution in [3.8, 4) is 11.8 Å². The Labute approximate surface area is 164 Å². The fourth-order valence-electron chi connectivity index (χ4n) is 2.66. The van der Waals surface area contributed by atoms with Crippen molar-refractivity contribution in [2.45, 2.75) is 11.8 Å². The monoisotopic (exact) mass is 393 g/mol. The molecule has 0 saturated heterocycles. The first-order chi connectivity index (χ1) is 13.4. The highest BCUT2D eigenvalue weighted by molar-refractivity contribution is 7.92. The number of benzene rings is 3. The lowest BCUT2D eigenvalue weighted by Gasteiger charge is -2.13. The van der Waals surface area contributed by atoms with Crippen LogP contribution in [0.1, 0.15) is 11.1 Å². The van der Waals surface area contributed by atoms with Gasteiger partial charge in [-0.3, -0.25) is 4.72 Å². The van der Waals surface area contributed by atoms with Crippen molar-refractivity contribution < 1.29 is 13.2 Å². The van der Waals surface area contributed by atoms with Crippen LogP contribution in [0.15, 0.2) is 71.6 Å². The van der Waals surface area contributed by atoms with E-state index in [1.807, 2.05) is 13.0 Å². The smallest absolute Gasteiger partial charge is 0.265 e. The fraction of sp³-hybridized carbons (Fsp3) is 0.0952. The van der Waals surface area contributed by atoms with E-state index in [0.29, 0.717) is 11.3 Å². The summed E-state index contributed by atoms with van der Waals surface area (Å²) in [7, 11) is -2.35. The number of ether oxygens (including phenoxy) is 1. The van der Waals surface area contributed by atoms with Gasteiger partial charge in [0.05, 0.1) is 18.7 Å². The molecular weight excluding hydrogens is 374 g/mol. The second-order valence-corrected chi connectivity index (χ2v) is 7.81. The lowest BCUT2D eigenvalue weighted by Crippen LogP contribution is -2.14. The summed E-state index contributed by atoms with van der Waals surface area (Å²) >= 11 is 0. The van der Waals surface area contributed by atoms with Crippen molar-refractivity contribution in [2.75, 3.05) is 17.1 Å². The first-order valence-corrected chi connectivity index (χ1v) is 9.94. The fourth-order valence-corrected chi connectivity index (χ4v) is 3.97. The highest BCUT2D eigenvalue weighted by atomic mass is 32.2. The number of nitrogens with one attached hydrogen (secondary N) is 2. The maximum Gasteiger partial charge on any atom is 0.265 e. The lowest BCUT2D eigenvalue weighted by atomic mass is 10.2. The molecule has 0 heterocycles. The Morgan fingerprint density at radius 1 is 0.929 bits per heavy atom. The quantitative estimate of drug-likeness (QED) is 0.647. The minimum atomic E-state index is -3.79. The molecule has 0 aliphatic rings. The molecule has 0 aliphatic heterocycles. The number of hydrogen-bond acceptors (Lipinski definition) is 5. The zero-order valence-corrected chi connectivity index (χ0v) is 16.2. The number of rotatable bonds is 6. The normalized spacial score (nSPS) is 10.8. The van der Waals surface area contributed by atoms with Crippen LogP contribution >= 0.6 is 0 Å². The predicted molar refractivity (Wildman–Crippen MR) is 109 cm³/mol. The Morgan fingerprint density at radius 2 is 1.64 bits per heavy atom. The van der Waals surface area contributed by atoms with Crippen LogP contribution in [0.4, 0.5) is 17.1 Å². The molecule has 0 radical (unpaired) electrons. The third-order valence-electron chi connectivity index (χ3n) is 4.03. The van der Waals surface area contributed by atoms with Gasteiger partial charge in [0, 0.05) is 17.1 Å². The number of anilines is 3. The van der Waals surface area contributed by atoms with E-state index in [4.69, 9.17) is 10.00 Å². The van der Waals surface area contributed by atoms with Gasteiger partial charge < -0.3 is 10.1 Å². The van der Waals surface area contributed by atoms with Crippen molar-refractivity contribution in [1.29, 1.82) is 5.26 Å². The predicted octanol–water partition coefficient (Wildman–Crippen LogP) is 4.42. The second-order valence-electron chi connectivity index (χ2n) is 6.15. The highest BCUT2D eigenvalue weighted by Gasteiger charge is 2.19. The van der Waals surface area contributed by atoms with Gasteiger partial charge in [-0.2, -0.15) is 5.26 Å². The van der Waals surface area contributed by atoms with E-state index in [-0.39, 0.29) is 10.6 Å². The number of hydrogen-bond donors (Lipinski definition) is 2. The second kappa shape index (κ2) is 8.03. The maximum absolute atomic E-state index is 12.7. The average molecular weight is 393 g/mol. The van der Waals surface area contributed by atoms with Crippen molar-refractivity contribution in [3.63, 3.8) is 0 Å². The number of nitriles is 1. The van der Waals surface area contributed by atoms with E-state index < -0.39 is 10.0 Å². The van der Waals surface area contributed by atoms with Gasteiger partial charge in [0.25, 0.3) is 10.0 Å². The van der Waals surface area contributed by atoms with Gasteiger partial charge in [-0.15, -0.1) is 0 Å². The van der Waals surface area contributed by atoms with Gasteiger partial charge in [0.1, 0.15) is 10.6 Å². The zero-order valence-electron chi connectivity index (χ0n) is 15.4. The van der Waals surface area contributed by atoms with Crippen LogP contribution in [0.5, 0.6) is 5.75 Å². The third-order valence-corrected chi connectivity index (χ3v) is 5.43. The zero-order chi connectivity index (χ0) is 20.1. The first kappa shape index (κ1) is 19.3. The van der Waals surface area contributed by atoms with Gasteiger partial charge in [0.2, 0.25) is 0 Å². The Hall–Kier alpha value is -3.50. The lowest BCUT2D eigenvalue weighted by molar-refractivity contribution is 0.402. The van der Waals surface area contributed by atoms with Crippen LogP contribution in [0.2, 0.25) is 0 Å². The number of aryl methyl sites for hydroxylation is 1. The van der Waals surface area contributed by atoms with Crippen LogP contribution in [0, 0.1) is 18.3 Å². The van der Waals surface area contributed by atoms with E-state index in [9.17, 15) is 8.42 Å². The Morgan fingerprint density at radius 3 is 2.32 bits per heavy atom. The molecule has 0 aromatic heterocycles. The summed E-state index contributed by atoms with van der Waals surface area (Å²) in [5.74, 6) is 0.286. The average Bonchev–Trinajstić information content (AvgIpc) is 2.69. The summed E-state index contributed by atoms with van der Waals surface area (Å²) < 4.78 is 33.2. The van der Waals surface area contributed by atoms with Crippen LogP contribution < -0.4 is 14.8 Å². The summed E-state index contributed by atoms with van der Waals surface area (Å²) in [6.07, 6.45) is 0. The third kappa shape index (κ3) is 4.42. The molecule has 28 heavy (non-hydrogen) atoms. The summed E-state index contributed by atoms with van der Waals surface area (Å²) in [6, 6.07) is 21.0. The van der Waals surface area contributed by atoms with Crippen molar-refractivity contribution in [2.24, 2.45) is 0 Å². The molecule has 0 saturated carbocycles. The van der Waals surface area contributed by atoms with Gasteiger partial charge >= 0.3 is 0 Å². The van der Waals surface area contributed by atoms with E-state index >= 15 is 0 Å². The van der Waals surface area contributed by atoms with Gasteiger partial charge in [-0.25, -0.2) is 8.42 Å². The van der Waals surface area contributed by atoms with Crippen LogP contribution in [0.25, 0.3) is 0 Å². The van der Waals surface area contributed by atoms with Crippen molar-refractivity contribution in [1.82, 2.24) is 0 Å². The molecule has 3 rings (SSSR count). The molecule has 0 amide bonds. The Kier molecular flexibility index (Phi) is 5.52. The molecular formula is C21H19N3O3S. The molecule has 0 bridgehead atoms. The van der Waals surface area contributed by atoms with Crippen molar-refractivity contribution in [3.05, 3.63) is 77.9 Å². The van der Waals surface area contributed by atoms with Gasteiger partial charge in [0.15, 0.2) is 0 Å². The summed E-state index contributed by atoms with van der Waals surface area (Å²) in [5, 5.41) is 12.1. The molecule has 2 N–H and O–H groups in total. The topological polar surface area (TPSA) is 91.2 Å². The molecule has 3 aromatic carbocycles. The number of methoxy groups -OCH3 is 1. The van der Waals surface area contributed by atoms with E-state index in [0.717, 1.165) is 16.9 Å². The molecule has 6 nitrogen and oxygen atoms in total. The van der Waals surface area contributed by atoms with Crippen LogP contribution in [-0.4, -0.2) is 15.5 Å². The molecule has 0 fully saturated rings. The van der Waals surface area contributed by atoms with Gasteiger partial charge in [-0.1, -0.05) is 12.1 Å². The van der Waals surface area contributed by atoms with Crippen LogP contribution in [-0.2, 0) is 10.0 Å². The number of nitrogens with zero attached hydrogens (tertiary/aromatic N) is 1. The number of sulfonamides is 1. The SMILES string of the molecule is COc1ccc(C)cc1S(=O)(=O)Nc1ccc(Nc2cccc(C#N)c2)cc1. The molecule has 142 valence electrons. The Bertz CT molecular complexity index is 1130. The summed E-state index contributed by atoms with van der Waals surface area (Å²) in [4.78, 5) is 0.0884. The standard InChI is InChI=1S/C21H19N3O3S/c1-15-6-11-20(27-2)21(12-15)28(25,26)24-18-9-7-17(8-10-18)23-19-5-3-4-16(13-19)14-22/h3-13,23-24H,1-2H3. The largest absolute Gasteiger partial charge is 0.495 e.